The van der Waals surface area contributed by atoms with Gasteiger partial charge in [-0.1, -0.05) is 29.8 Å². The van der Waals surface area contributed by atoms with Gasteiger partial charge in [0.1, 0.15) is 23.0 Å². The van der Waals surface area contributed by atoms with Crippen LogP contribution in [0.3, 0.4) is 0 Å². The fourth-order valence-corrected chi connectivity index (χ4v) is 3.28. The van der Waals surface area contributed by atoms with E-state index < -0.39 is 17.9 Å². The molecule has 3 aromatic rings. The lowest BCUT2D eigenvalue weighted by Crippen LogP contribution is -2.31. The molecule has 7 heteroatoms. The summed E-state index contributed by atoms with van der Waals surface area (Å²) in [6, 6.07) is 14.0. The number of carbonyl (C=O) groups is 2. The monoisotopic (exact) mass is 422 g/mol. The molecule has 1 amide bonds. The number of ether oxygens (including phenoxy) is 1. The summed E-state index contributed by atoms with van der Waals surface area (Å²) in [5.41, 5.74) is 3.49. The number of aromatic nitrogens is 1. The number of amides is 1. The number of aryl methyl sites for hydroxylation is 2. The van der Waals surface area contributed by atoms with E-state index in [1.807, 2.05) is 19.1 Å². The molecule has 0 radical (unpaired) electrons. The number of nitrogens with one attached hydrogen (secondary N) is 1. The van der Waals surface area contributed by atoms with Crippen molar-refractivity contribution in [2.24, 2.45) is 0 Å². The first-order valence-corrected chi connectivity index (χ1v) is 9.69. The van der Waals surface area contributed by atoms with Gasteiger partial charge in [-0.2, -0.15) is 0 Å². The van der Waals surface area contributed by atoms with E-state index in [1.165, 1.54) is 25.3 Å². The highest BCUT2D eigenvalue weighted by molar-refractivity contribution is 5.94. The Kier molecular flexibility index (Phi) is 6.65. The summed E-state index contributed by atoms with van der Waals surface area (Å²) in [5.74, 6) is -1.48. The third-order valence-corrected chi connectivity index (χ3v) is 4.92. The summed E-state index contributed by atoms with van der Waals surface area (Å²) < 4.78 is 18.9. The van der Waals surface area contributed by atoms with Crippen molar-refractivity contribution >= 4 is 11.9 Å². The molecule has 2 N–H and O–H groups in total. The first kappa shape index (κ1) is 22.0. The van der Waals surface area contributed by atoms with Gasteiger partial charge in [0, 0.05) is 5.56 Å². The van der Waals surface area contributed by atoms with Crippen LogP contribution in [0.25, 0.3) is 11.3 Å². The number of carbonyl (C=O) groups excluding carboxylic acids is 1. The molecule has 0 aliphatic rings. The second-order valence-corrected chi connectivity index (χ2v) is 7.24. The summed E-state index contributed by atoms with van der Waals surface area (Å²) >= 11 is 0. The molecule has 1 atom stereocenters. The maximum Gasteiger partial charge on any atom is 0.305 e. The minimum atomic E-state index is -1.03. The van der Waals surface area contributed by atoms with Crippen LogP contribution in [-0.4, -0.2) is 29.1 Å². The van der Waals surface area contributed by atoms with E-state index in [1.54, 1.807) is 31.2 Å². The highest BCUT2D eigenvalue weighted by atomic mass is 19.1. The first-order chi connectivity index (χ1) is 14.8. The SMILES string of the molecule is COc1ccc(C(=O)N[C@@H](CC(=O)O)c2ccc(C)cc2)nc1-c1ccc(F)cc1C. The minimum Gasteiger partial charge on any atom is -0.494 e. The van der Waals surface area contributed by atoms with Crippen LogP contribution in [0.1, 0.15) is 39.6 Å². The zero-order valence-corrected chi connectivity index (χ0v) is 17.5. The van der Waals surface area contributed by atoms with Crippen molar-refractivity contribution in [1.29, 1.82) is 0 Å². The predicted octanol–water partition coefficient (Wildman–Crippen LogP) is 4.46. The number of benzene rings is 2. The average Bonchev–Trinajstić information content (AvgIpc) is 2.73. The van der Waals surface area contributed by atoms with E-state index in [4.69, 9.17) is 4.74 Å². The predicted molar refractivity (Wildman–Crippen MR) is 115 cm³/mol. The fraction of sp³-hybridized carbons (Fsp3) is 0.208. The number of rotatable bonds is 7. The second kappa shape index (κ2) is 9.38. The van der Waals surface area contributed by atoms with Crippen molar-refractivity contribution in [1.82, 2.24) is 10.3 Å². The molecule has 0 fully saturated rings. The number of hydrogen-bond acceptors (Lipinski definition) is 4. The Morgan fingerprint density at radius 1 is 1.10 bits per heavy atom. The molecule has 2 aromatic carbocycles. The summed E-state index contributed by atoms with van der Waals surface area (Å²) in [4.78, 5) is 28.7. The number of aliphatic carboxylic acids is 1. The van der Waals surface area contributed by atoms with Crippen LogP contribution in [0.4, 0.5) is 4.39 Å². The fourth-order valence-electron chi connectivity index (χ4n) is 3.28. The van der Waals surface area contributed by atoms with E-state index >= 15 is 0 Å². The summed E-state index contributed by atoms with van der Waals surface area (Å²) in [7, 11) is 1.49. The zero-order chi connectivity index (χ0) is 22.5. The number of carboxylic acid groups (broad SMARTS) is 1. The molecular formula is C24H23FN2O4. The number of methoxy groups -OCH3 is 1. The maximum absolute atomic E-state index is 13.5. The zero-order valence-electron chi connectivity index (χ0n) is 17.5. The van der Waals surface area contributed by atoms with Crippen molar-refractivity contribution in [2.75, 3.05) is 7.11 Å². The van der Waals surface area contributed by atoms with Gasteiger partial charge in [-0.05, 0) is 55.3 Å². The van der Waals surface area contributed by atoms with Crippen LogP contribution >= 0.6 is 0 Å². The lowest BCUT2D eigenvalue weighted by molar-refractivity contribution is -0.137. The van der Waals surface area contributed by atoms with Gasteiger partial charge in [0.25, 0.3) is 5.91 Å². The number of nitrogens with zero attached hydrogens (tertiary/aromatic N) is 1. The summed E-state index contributed by atoms with van der Waals surface area (Å²) in [6.07, 6.45) is -0.269. The van der Waals surface area contributed by atoms with Gasteiger partial charge in [0.15, 0.2) is 0 Å². The molecule has 3 rings (SSSR count). The van der Waals surface area contributed by atoms with E-state index in [0.717, 1.165) is 5.56 Å². The Labute approximate surface area is 179 Å². The molecule has 0 aliphatic heterocycles. The summed E-state index contributed by atoms with van der Waals surface area (Å²) in [6.45, 7) is 3.67. The Balaban J connectivity index is 1.94. The van der Waals surface area contributed by atoms with Crippen molar-refractivity contribution in [3.63, 3.8) is 0 Å². The van der Waals surface area contributed by atoms with Crippen molar-refractivity contribution < 1.29 is 23.8 Å². The van der Waals surface area contributed by atoms with Gasteiger partial charge in [-0.3, -0.25) is 9.59 Å². The molecule has 0 aliphatic carbocycles. The third-order valence-electron chi connectivity index (χ3n) is 4.92. The molecule has 0 bridgehead atoms. The Bertz CT molecular complexity index is 1110. The van der Waals surface area contributed by atoms with Gasteiger partial charge in [0.05, 0.1) is 19.6 Å². The lowest BCUT2D eigenvalue weighted by atomic mass is 10.0. The van der Waals surface area contributed by atoms with E-state index in [2.05, 4.69) is 10.3 Å². The molecule has 1 aromatic heterocycles. The van der Waals surface area contributed by atoms with E-state index in [9.17, 15) is 19.1 Å². The molecule has 0 spiro atoms. The first-order valence-electron chi connectivity index (χ1n) is 9.69. The Morgan fingerprint density at radius 2 is 1.81 bits per heavy atom. The number of pyridine rings is 1. The smallest absolute Gasteiger partial charge is 0.305 e. The molecule has 31 heavy (non-hydrogen) atoms. The van der Waals surface area contributed by atoms with Crippen LogP contribution < -0.4 is 10.1 Å². The van der Waals surface area contributed by atoms with E-state index in [-0.39, 0.29) is 17.9 Å². The van der Waals surface area contributed by atoms with Crippen LogP contribution in [0, 0.1) is 19.7 Å². The molecule has 0 unspecified atom stereocenters. The lowest BCUT2D eigenvalue weighted by Gasteiger charge is -2.18. The van der Waals surface area contributed by atoms with Crippen molar-refractivity contribution in [2.45, 2.75) is 26.3 Å². The van der Waals surface area contributed by atoms with Gasteiger partial charge in [-0.25, -0.2) is 9.37 Å². The molecule has 6 nitrogen and oxygen atoms in total. The second-order valence-electron chi connectivity index (χ2n) is 7.24. The molecule has 1 heterocycles. The molecule has 0 saturated carbocycles. The quantitative estimate of drug-likeness (QED) is 0.587. The van der Waals surface area contributed by atoms with Crippen LogP contribution in [0.15, 0.2) is 54.6 Å². The summed E-state index contributed by atoms with van der Waals surface area (Å²) in [5, 5.41) is 12.0. The largest absolute Gasteiger partial charge is 0.494 e. The average molecular weight is 422 g/mol. The maximum atomic E-state index is 13.5. The standard InChI is InChI=1S/C24H23FN2O4/c1-14-4-6-16(7-5-14)20(13-22(28)29)27-24(30)19-10-11-21(31-3)23(26-19)18-9-8-17(25)12-15(18)2/h4-12,20H,13H2,1-3H3,(H,27,30)(H,28,29)/t20-/m0/s1. The van der Waals surface area contributed by atoms with Gasteiger partial charge in [0.2, 0.25) is 0 Å². The highest BCUT2D eigenvalue weighted by Gasteiger charge is 2.21. The van der Waals surface area contributed by atoms with Crippen molar-refractivity contribution in [3.8, 4) is 17.0 Å². The Morgan fingerprint density at radius 3 is 2.42 bits per heavy atom. The molecule has 160 valence electrons. The number of carboxylic acids is 1. The topological polar surface area (TPSA) is 88.5 Å². The minimum absolute atomic E-state index is 0.0991. The van der Waals surface area contributed by atoms with Gasteiger partial charge < -0.3 is 15.2 Å². The molecular weight excluding hydrogens is 399 g/mol. The normalized spacial score (nSPS) is 11.6. The Hall–Kier alpha value is -3.74. The number of halogens is 1. The van der Waals surface area contributed by atoms with Crippen LogP contribution in [0.2, 0.25) is 0 Å². The van der Waals surface area contributed by atoms with Crippen LogP contribution in [-0.2, 0) is 4.79 Å². The number of hydrogen-bond donors (Lipinski definition) is 2. The van der Waals surface area contributed by atoms with E-state index in [0.29, 0.717) is 28.1 Å². The third kappa shape index (κ3) is 5.25. The highest BCUT2D eigenvalue weighted by Crippen LogP contribution is 2.31. The van der Waals surface area contributed by atoms with Crippen molar-refractivity contribution in [3.05, 3.63) is 82.8 Å². The van der Waals surface area contributed by atoms with Crippen LogP contribution in [0.5, 0.6) is 5.75 Å². The van der Waals surface area contributed by atoms with Gasteiger partial charge >= 0.3 is 5.97 Å². The van der Waals surface area contributed by atoms with Gasteiger partial charge in [-0.15, -0.1) is 0 Å². The molecule has 0 saturated heterocycles.